The number of hydrogen-bond donors (Lipinski definition) is 0. The van der Waals surface area contributed by atoms with Crippen LogP contribution in [0.25, 0.3) is 0 Å². The number of amides is 1. The van der Waals surface area contributed by atoms with Crippen molar-refractivity contribution in [2.45, 2.75) is 25.9 Å². The molecule has 1 aromatic carbocycles. The molecule has 0 N–H and O–H groups in total. The molecule has 6 heteroatoms. The van der Waals surface area contributed by atoms with Crippen LogP contribution in [0.15, 0.2) is 51.7 Å². The molecule has 0 saturated carbocycles. The molecule has 0 unspecified atom stereocenters. The predicted octanol–water partition coefficient (Wildman–Crippen LogP) is 2.40. The normalized spacial score (nSPS) is 15.0. The van der Waals surface area contributed by atoms with Crippen LogP contribution in [-0.2, 0) is 4.79 Å². The van der Waals surface area contributed by atoms with Crippen molar-refractivity contribution in [3.05, 3.63) is 58.6 Å². The maximum atomic E-state index is 12.2. The summed E-state index contributed by atoms with van der Waals surface area (Å²) < 4.78 is 16.3. The Morgan fingerprint density at radius 3 is 2.56 bits per heavy atom. The summed E-state index contributed by atoms with van der Waals surface area (Å²) in [6.07, 6.45) is 1.42. The average molecular weight is 343 g/mol. The second-order valence-corrected chi connectivity index (χ2v) is 6.02. The molecule has 6 nitrogen and oxygen atoms in total. The highest BCUT2D eigenvalue weighted by Crippen LogP contribution is 2.19. The number of nitrogens with zero attached hydrogens (tertiary/aromatic N) is 1. The number of rotatable bonds is 5. The summed E-state index contributed by atoms with van der Waals surface area (Å²) in [5, 5.41) is 0. The van der Waals surface area contributed by atoms with E-state index < -0.39 is 5.63 Å². The van der Waals surface area contributed by atoms with Gasteiger partial charge in [-0.05, 0) is 19.1 Å². The minimum absolute atomic E-state index is 0.0136. The average Bonchev–Trinajstić information content (AvgIpc) is 2.60. The van der Waals surface area contributed by atoms with Gasteiger partial charge in [0.1, 0.15) is 23.4 Å². The number of para-hydroxylation sites is 1. The van der Waals surface area contributed by atoms with Gasteiger partial charge in [0.2, 0.25) is 0 Å². The summed E-state index contributed by atoms with van der Waals surface area (Å²) in [6, 6.07) is 12.3. The second kappa shape index (κ2) is 7.88. The highest BCUT2D eigenvalue weighted by Gasteiger charge is 2.24. The number of carbonyl (C=O) groups excluding carboxylic acids is 1. The van der Waals surface area contributed by atoms with E-state index in [0.717, 1.165) is 12.8 Å². The fourth-order valence-corrected chi connectivity index (χ4v) is 2.81. The van der Waals surface area contributed by atoms with Crippen LogP contribution in [-0.4, -0.2) is 36.6 Å². The zero-order valence-electron chi connectivity index (χ0n) is 14.1. The number of hydrogen-bond acceptors (Lipinski definition) is 5. The monoisotopic (exact) mass is 343 g/mol. The molecule has 1 aliphatic heterocycles. The zero-order chi connectivity index (χ0) is 17.6. The Bertz CT molecular complexity index is 763. The number of likely N-dealkylation sites (tertiary alicyclic amines) is 1. The quantitative estimate of drug-likeness (QED) is 0.834. The molecular formula is C19H21NO5. The van der Waals surface area contributed by atoms with Gasteiger partial charge in [-0.1, -0.05) is 18.2 Å². The van der Waals surface area contributed by atoms with Gasteiger partial charge in [-0.3, -0.25) is 4.79 Å². The van der Waals surface area contributed by atoms with Crippen molar-refractivity contribution in [2.24, 2.45) is 0 Å². The largest absolute Gasteiger partial charge is 0.490 e. The third kappa shape index (κ3) is 4.86. The predicted molar refractivity (Wildman–Crippen MR) is 91.9 cm³/mol. The number of benzene rings is 1. The molecule has 0 atom stereocenters. The first-order valence-corrected chi connectivity index (χ1v) is 8.34. The van der Waals surface area contributed by atoms with Crippen LogP contribution in [0.2, 0.25) is 0 Å². The molecule has 3 rings (SSSR count). The van der Waals surface area contributed by atoms with E-state index in [2.05, 4.69) is 0 Å². The van der Waals surface area contributed by atoms with Crippen molar-refractivity contribution < 1.29 is 18.7 Å². The van der Waals surface area contributed by atoms with Crippen LogP contribution in [0, 0.1) is 6.92 Å². The van der Waals surface area contributed by atoms with Crippen molar-refractivity contribution in [3.63, 3.8) is 0 Å². The molecule has 1 saturated heterocycles. The van der Waals surface area contributed by atoms with Crippen molar-refractivity contribution in [2.75, 3.05) is 19.7 Å². The van der Waals surface area contributed by atoms with Gasteiger partial charge in [-0.25, -0.2) is 4.79 Å². The molecule has 2 aromatic rings. The smallest absolute Gasteiger partial charge is 0.339 e. The maximum absolute atomic E-state index is 12.2. The molecule has 0 aliphatic carbocycles. The van der Waals surface area contributed by atoms with Gasteiger partial charge < -0.3 is 18.8 Å². The molecule has 2 heterocycles. The second-order valence-electron chi connectivity index (χ2n) is 6.02. The lowest BCUT2D eigenvalue weighted by atomic mass is 10.1. The lowest BCUT2D eigenvalue weighted by Crippen LogP contribution is -2.43. The van der Waals surface area contributed by atoms with Gasteiger partial charge in [0, 0.05) is 32.0 Å². The van der Waals surface area contributed by atoms with E-state index in [1.165, 1.54) is 6.07 Å². The van der Waals surface area contributed by atoms with Gasteiger partial charge in [0.25, 0.3) is 5.91 Å². The van der Waals surface area contributed by atoms with Crippen LogP contribution in [0.4, 0.5) is 0 Å². The van der Waals surface area contributed by atoms with Crippen LogP contribution in [0.1, 0.15) is 18.6 Å². The molecule has 0 radical (unpaired) electrons. The molecule has 1 fully saturated rings. The lowest BCUT2D eigenvalue weighted by molar-refractivity contribution is -0.135. The van der Waals surface area contributed by atoms with Crippen LogP contribution >= 0.6 is 0 Å². The lowest BCUT2D eigenvalue weighted by Gasteiger charge is -2.32. The summed E-state index contributed by atoms with van der Waals surface area (Å²) in [4.78, 5) is 25.4. The number of aryl methyl sites for hydroxylation is 1. The van der Waals surface area contributed by atoms with Gasteiger partial charge >= 0.3 is 5.63 Å². The molecule has 25 heavy (non-hydrogen) atoms. The Hall–Kier alpha value is -2.76. The molecule has 0 spiro atoms. The summed E-state index contributed by atoms with van der Waals surface area (Å²) >= 11 is 0. The van der Waals surface area contributed by atoms with E-state index in [1.54, 1.807) is 17.9 Å². The summed E-state index contributed by atoms with van der Waals surface area (Å²) in [5.41, 5.74) is -0.416. The Kier molecular flexibility index (Phi) is 5.38. The van der Waals surface area contributed by atoms with Crippen LogP contribution in [0.5, 0.6) is 11.5 Å². The summed E-state index contributed by atoms with van der Waals surface area (Å²) in [7, 11) is 0. The topological polar surface area (TPSA) is 69.0 Å². The summed E-state index contributed by atoms with van der Waals surface area (Å²) in [6.45, 7) is 2.97. The van der Waals surface area contributed by atoms with Crippen molar-refractivity contribution >= 4 is 5.91 Å². The Morgan fingerprint density at radius 1 is 1.16 bits per heavy atom. The number of ether oxygens (including phenoxy) is 2. The Morgan fingerprint density at radius 2 is 1.88 bits per heavy atom. The van der Waals surface area contributed by atoms with Gasteiger partial charge in [-0.15, -0.1) is 0 Å². The minimum atomic E-state index is -0.416. The van der Waals surface area contributed by atoms with Crippen molar-refractivity contribution in [1.82, 2.24) is 4.90 Å². The fourth-order valence-electron chi connectivity index (χ4n) is 2.81. The highest BCUT2D eigenvalue weighted by molar-refractivity contribution is 5.77. The van der Waals surface area contributed by atoms with Crippen molar-refractivity contribution in [3.8, 4) is 11.5 Å². The minimum Gasteiger partial charge on any atom is -0.490 e. The molecule has 0 bridgehead atoms. The third-order valence-electron chi connectivity index (χ3n) is 4.07. The first-order valence-electron chi connectivity index (χ1n) is 8.34. The number of carbonyl (C=O) groups is 1. The van der Waals surface area contributed by atoms with E-state index in [0.29, 0.717) is 30.3 Å². The Labute approximate surface area is 146 Å². The fraction of sp³-hybridized carbons (Fsp3) is 0.368. The maximum Gasteiger partial charge on any atom is 0.339 e. The van der Waals surface area contributed by atoms with E-state index in [4.69, 9.17) is 13.9 Å². The molecule has 1 amide bonds. The van der Waals surface area contributed by atoms with Gasteiger partial charge in [-0.2, -0.15) is 0 Å². The van der Waals surface area contributed by atoms with Crippen LogP contribution < -0.4 is 15.1 Å². The van der Waals surface area contributed by atoms with E-state index in [1.807, 2.05) is 30.3 Å². The Balaban J connectivity index is 1.46. The standard InChI is InChI=1S/C19H21NO5/c1-14-11-17(12-19(22)24-14)25-16-7-9-20(10-8-16)18(21)13-23-15-5-3-2-4-6-15/h2-6,11-12,16H,7-10,13H2,1H3. The molecular weight excluding hydrogens is 322 g/mol. The molecule has 1 aromatic heterocycles. The third-order valence-corrected chi connectivity index (χ3v) is 4.07. The first kappa shape index (κ1) is 17.1. The van der Waals surface area contributed by atoms with E-state index in [9.17, 15) is 9.59 Å². The van der Waals surface area contributed by atoms with E-state index in [-0.39, 0.29) is 18.6 Å². The molecule has 132 valence electrons. The summed E-state index contributed by atoms with van der Waals surface area (Å²) in [5.74, 6) is 1.70. The van der Waals surface area contributed by atoms with Crippen molar-refractivity contribution in [1.29, 1.82) is 0 Å². The number of piperidine rings is 1. The van der Waals surface area contributed by atoms with E-state index >= 15 is 0 Å². The first-order chi connectivity index (χ1) is 12.1. The van der Waals surface area contributed by atoms with Crippen LogP contribution in [0.3, 0.4) is 0 Å². The van der Waals surface area contributed by atoms with Gasteiger partial charge in [0.15, 0.2) is 6.61 Å². The zero-order valence-corrected chi connectivity index (χ0v) is 14.1. The molecule has 1 aliphatic rings. The van der Waals surface area contributed by atoms with Gasteiger partial charge in [0.05, 0.1) is 6.07 Å². The highest BCUT2D eigenvalue weighted by atomic mass is 16.5. The SMILES string of the molecule is Cc1cc(OC2CCN(C(=O)COc3ccccc3)CC2)cc(=O)o1.